The second-order valence-corrected chi connectivity index (χ2v) is 11.9. The van der Waals surface area contributed by atoms with E-state index < -0.39 is 35.2 Å². The molecule has 6 heterocycles. The molecule has 1 aromatic carbocycles. The zero-order valence-electron chi connectivity index (χ0n) is 25.8. The number of anilines is 2. The van der Waals surface area contributed by atoms with Crippen LogP contribution in [0.1, 0.15) is 52.0 Å². The van der Waals surface area contributed by atoms with Crippen LogP contribution in [0.15, 0.2) is 47.4 Å². The number of aromatic nitrogens is 5. The van der Waals surface area contributed by atoms with Gasteiger partial charge in [0.15, 0.2) is 11.5 Å². The number of ether oxygens (including phenoxy) is 1. The lowest BCUT2D eigenvalue weighted by Crippen LogP contribution is -2.50. The van der Waals surface area contributed by atoms with Crippen molar-refractivity contribution in [3.8, 4) is 5.75 Å². The van der Waals surface area contributed by atoms with Gasteiger partial charge in [-0.1, -0.05) is 6.08 Å². The van der Waals surface area contributed by atoms with Crippen molar-refractivity contribution >= 4 is 34.5 Å². The summed E-state index contributed by atoms with van der Waals surface area (Å²) in [4.78, 5) is 53.2. The van der Waals surface area contributed by atoms with Gasteiger partial charge in [-0.15, -0.1) is 5.10 Å². The number of benzene rings is 1. The first kappa shape index (κ1) is 31.4. The van der Waals surface area contributed by atoms with Crippen LogP contribution in [0.3, 0.4) is 0 Å². The summed E-state index contributed by atoms with van der Waals surface area (Å²) in [6.45, 7) is 3.42. The van der Waals surface area contributed by atoms with Crippen molar-refractivity contribution in [2.75, 3.05) is 49.6 Å². The summed E-state index contributed by atoms with van der Waals surface area (Å²) in [7, 11) is 0. The predicted octanol–water partition coefficient (Wildman–Crippen LogP) is 3.21. The number of carbonyl (C=O) groups is 2. The van der Waals surface area contributed by atoms with E-state index in [4.69, 9.17) is 9.72 Å². The lowest BCUT2D eigenvalue weighted by atomic mass is 10.1. The van der Waals surface area contributed by atoms with E-state index in [1.165, 1.54) is 35.8 Å². The highest BCUT2D eigenvalue weighted by molar-refractivity contribution is 5.96. The Balaban J connectivity index is 1.24. The summed E-state index contributed by atoms with van der Waals surface area (Å²) in [6.07, 6.45) is -0.0310. The van der Waals surface area contributed by atoms with E-state index in [1.54, 1.807) is 9.47 Å². The smallest absolute Gasteiger partial charge is 0.416 e. The molecular weight excluding hydrogens is 633 g/mol. The van der Waals surface area contributed by atoms with Gasteiger partial charge in [-0.05, 0) is 67.7 Å². The van der Waals surface area contributed by atoms with Crippen molar-refractivity contribution in [2.24, 2.45) is 0 Å². The Morgan fingerprint density at radius 3 is 2.58 bits per heavy atom. The van der Waals surface area contributed by atoms with Gasteiger partial charge in [0.1, 0.15) is 17.5 Å². The number of alkyl halides is 3. The van der Waals surface area contributed by atoms with E-state index in [9.17, 15) is 32.7 Å². The molecule has 3 aromatic heterocycles. The van der Waals surface area contributed by atoms with Crippen molar-refractivity contribution in [2.45, 2.75) is 38.4 Å². The lowest BCUT2D eigenvalue weighted by molar-refractivity contribution is -0.137. The van der Waals surface area contributed by atoms with Gasteiger partial charge in [-0.3, -0.25) is 19.0 Å². The summed E-state index contributed by atoms with van der Waals surface area (Å²) in [6, 6.07) is 5.22. The molecule has 250 valence electrons. The Bertz CT molecular complexity index is 2030. The molecule has 0 aliphatic carbocycles. The number of hydrogen-bond donors (Lipinski definition) is 2. The fourth-order valence-corrected chi connectivity index (χ4v) is 6.50. The lowest BCUT2D eigenvalue weighted by Gasteiger charge is -2.36. The van der Waals surface area contributed by atoms with Crippen LogP contribution in [0, 0.1) is 6.92 Å². The van der Waals surface area contributed by atoms with E-state index in [1.807, 2.05) is 11.0 Å². The van der Waals surface area contributed by atoms with Crippen molar-refractivity contribution in [3.05, 3.63) is 81.3 Å². The monoisotopic (exact) mass is 664 g/mol. The normalized spacial score (nSPS) is 18.2. The zero-order valence-corrected chi connectivity index (χ0v) is 25.8. The number of rotatable bonds is 5. The fraction of sp³-hybridized carbons (Fsp3) is 0.375. The van der Waals surface area contributed by atoms with Crippen molar-refractivity contribution in [1.82, 2.24) is 29.0 Å². The van der Waals surface area contributed by atoms with Crippen LogP contribution in [-0.4, -0.2) is 85.4 Å². The van der Waals surface area contributed by atoms with Crippen LogP contribution in [0.25, 0.3) is 11.4 Å². The first-order chi connectivity index (χ1) is 23.0. The van der Waals surface area contributed by atoms with Crippen LogP contribution in [-0.2, 0) is 22.1 Å². The standard InChI is InChI=1S/C32H31F3N8O5/c1-18-17-20(32(33,34)35)4-5-21(18)37-28(45)23-7-6-22-26(40-11-13-41(14-12-40)29(46)25-24(44)3-2-10-36-25)30(47)43-31(42(22)23)38-27(39-43)19-8-15-48-16-9-19/h2-5,8,10,17,23,44H,6-7,9,11-16H2,1H3,(H,37,45)/t23-/m0/s1. The maximum absolute atomic E-state index is 14.1. The van der Waals surface area contributed by atoms with Crippen molar-refractivity contribution in [3.63, 3.8) is 0 Å². The molecule has 3 aliphatic rings. The van der Waals surface area contributed by atoms with Crippen LogP contribution >= 0.6 is 0 Å². The van der Waals surface area contributed by atoms with Gasteiger partial charge in [0.25, 0.3) is 11.5 Å². The molecule has 3 aliphatic heterocycles. The van der Waals surface area contributed by atoms with E-state index >= 15 is 0 Å². The van der Waals surface area contributed by atoms with Gasteiger partial charge in [0.05, 0.1) is 24.5 Å². The van der Waals surface area contributed by atoms with Crippen LogP contribution in [0.5, 0.6) is 5.75 Å². The molecule has 0 unspecified atom stereocenters. The largest absolute Gasteiger partial charge is 0.505 e. The molecule has 1 atom stereocenters. The summed E-state index contributed by atoms with van der Waals surface area (Å²) in [5, 5.41) is 17.5. The Kier molecular flexibility index (Phi) is 7.89. The topological polar surface area (TPSA) is 147 Å². The van der Waals surface area contributed by atoms with E-state index in [0.717, 1.165) is 17.7 Å². The fourth-order valence-electron chi connectivity index (χ4n) is 6.50. The number of fused-ring (bicyclic) bond motifs is 3. The SMILES string of the molecule is Cc1cc(C(F)(F)F)ccc1NC(=O)[C@@H]1CCc2c(N3CCN(C(=O)c4ncccc4O)CC3)c(=O)n3nc(C4=CCOCC4)nc3n21. The quantitative estimate of drug-likeness (QED) is 0.328. The molecule has 16 heteroatoms. The Hall–Kier alpha value is -5.25. The van der Waals surface area contributed by atoms with Gasteiger partial charge >= 0.3 is 6.18 Å². The molecule has 0 bridgehead atoms. The van der Waals surface area contributed by atoms with Gasteiger partial charge in [-0.2, -0.15) is 22.7 Å². The van der Waals surface area contributed by atoms with Crippen LogP contribution in [0.4, 0.5) is 24.5 Å². The van der Waals surface area contributed by atoms with Crippen LogP contribution < -0.4 is 15.8 Å². The molecule has 2 amide bonds. The van der Waals surface area contributed by atoms with Gasteiger partial charge < -0.3 is 25.0 Å². The second kappa shape index (κ2) is 12.1. The average Bonchev–Trinajstić information content (AvgIpc) is 3.72. The summed E-state index contributed by atoms with van der Waals surface area (Å²) < 4.78 is 48.1. The Morgan fingerprint density at radius 1 is 1.10 bits per heavy atom. The molecule has 7 rings (SSSR count). The highest BCUT2D eigenvalue weighted by Gasteiger charge is 2.38. The third kappa shape index (κ3) is 5.55. The number of aromatic hydroxyl groups is 1. The summed E-state index contributed by atoms with van der Waals surface area (Å²) >= 11 is 0. The number of halogens is 3. The second-order valence-electron chi connectivity index (χ2n) is 11.9. The molecule has 48 heavy (non-hydrogen) atoms. The average molecular weight is 665 g/mol. The first-order valence-electron chi connectivity index (χ1n) is 15.5. The molecule has 4 aromatic rings. The molecule has 2 N–H and O–H groups in total. The van der Waals surface area contributed by atoms with E-state index in [-0.39, 0.29) is 41.6 Å². The van der Waals surface area contributed by atoms with Crippen LogP contribution in [0.2, 0.25) is 0 Å². The number of piperazine rings is 1. The van der Waals surface area contributed by atoms with E-state index in [2.05, 4.69) is 15.4 Å². The predicted molar refractivity (Wildman–Crippen MR) is 167 cm³/mol. The van der Waals surface area contributed by atoms with Gasteiger partial charge in [0, 0.05) is 38.1 Å². The highest BCUT2D eigenvalue weighted by atomic mass is 19.4. The van der Waals surface area contributed by atoms with Crippen molar-refractivity contribution in [1.29, 1.82) is 0 Å². The van der Waals surface area contributed by atoms with E-state index in [0.29, 0.717) is 62.8 Å². The number of hydrogen-bond acceptors (Lipinski definition) is 9. The first-order valence-corrected chi connectivity index (χ1v) is 15.5. The van der Waals surface area contributed by atoms with Gasteiger partial charge in [-0.25, -0.2) is 4.98 Å². The minimum absolute atomic E-state index is 0.0527. The number of aryl methyl sites for hydroxylation is 1. The Labute approximate surface area is 271 Å². The van der Waals surface area contributed by atoms with Gasteiger partial charge in [0.2, 0.25) is 11.7 Å². The molecule has 0 saturated carbocycles. The van der Waals surface area contributed by atoms with Crippen molar-refractivity contribution < 1.29 is 32.6 Å². The highest BCUT2D eigenvalue weighted by Crippen LogP contribution is 2.36. The molecule has 0 spiro atoms. The summed E-state index contributed by atoms with van der Waals surface area (Å²) in [5.74, 6) is -0.580. The third-order valence-corrected chi connectivity index (χ3v) is 8.97. The number of carbonyl (C=O) groups excluding carboxylic acids is 2. The number of amides is 2. The molecule has 1 fully saturated rings. The summed E-state index contributed by atoms with van der Waals surface area (Å²) in [5.41, 5.74) is 0.951. The third-order valence-electron chi connectivity index (χ3n) is 8.97. The molecule has 0 radical (unpaired) electrons. The molecular formula is C32H31F3N8O5. The zero-order chi connectivity index (χ0) is 33.7. The molecule has 13 nitrogen and oxygen atoms in total. The number of pyridine rings is 1. The number of nitrogens with zero attached hydrogens (tertiary/aromatic N) is 7. The maximum Gasteiger partial charge on any atom is 0.416 e. The minimum atomic E-state index is -4.52. The minimum Gasteiger partial charge on any atom is -0.505 e. The molecule has 1 saturated heterocycles. The Morgan fingerprint density at radius 2 is 1.90 bits per heavy atom. The number of nitrogens with one attached hydrogen (secondary N) is 1. The maximum atomic E-state index is 14.1.